The van der Waals surface area contributed by atoms with Crippen LogP contribution in [0.1, 0.15) is 46.9 Å². The summed E-state index contributed by atoms with van der Waals surface area (Å²) in [5.74, 6) is 1.05. The summed E-state index contributed by atoms with van der Waals surface area (Å²) in [6, 6.07) is 26.7. The Morgan fingerprint density at radius 3 is 2.58 bits per heavy atom. The number of hydrogen-bond acceptors (Lipinski definition) is 6. The fraction of sp³-hybridized carbons (Fsp3) is 0.258. The number of carbonyl (C=O) groups is 1. The molecule has 4 aromatic rings. The second-order valence-electron chi connectivity index (χ2n) is 9.44. The standard InChI is InChI=1S/C31H32N4O3/c1-38-25-16-10-11-22(19-25)20-32-31-33-21-26(28(34-31)23-12-4-2-5-13-23)30(37)35-18-9-8-17-27(35)29(36)24-14-6-3-7-15-24/h2-7,10-16,19,21,27,29,36H,8-9,17-18,20H2,1H3,(H,32,33,34). The average molecular weight is 509 g/mol. The monoisotopic (exact) mass is 508 g/mol. The molecule has 1 fully saturated rings. The first-order chi connectivity index (χ1) is 18.6. The van der Waals surface area contributed by atoms with Gasteiger partial charge in [-0.3, -0.25) is 4.79 Å². The number of nitrogens with zero attached hydrogens (tertiary/aromatic N) is 3. The number of anilines is 1. The first kappa shape index (κ1) is 25.4. The van der Waals surface area contributed by atoms with Crippen molar-refractivity contribution in [1.29, 1.82) is 0 Å². The molecule has 2 N–H and O–H groups in total. The number of likely N-dealkylation sites (tertiary alicyclic amines) is 1. The topological polar surface area (TPSA) is 87.6 Å². The summed E-state index contributed by atoms with van der Waals surface area (Å²) in [6.07, 6.45) is 3.44. The van der Waals surface area contributed by atoms with Gasteiger partial charge in [-0.15, -0.1) is 0 Å². The number of piperidine rings is 1. The van der Waals surface area contributed by atoms with E-state index in [0.29, 0.717) is 30.3 Å². The first-order valence-electron chi connectivity index (χ1n) is 13.0. The molecule has 1 amide bonds. The third kappa shape index (κ3) is 5.68. The second-order valence-corrected chi connectivity index (χ2v) is 9.44. The van der Waals surface area contributed by atoms with Crippen molar-refractivity contribution in [3.8, 4) is 17.0 Å². The number of amides is 1. The number of nitrogens with one attached hydrogen (secondary N) is 1. The van der Waals surface area contributed by atoms with Crippen LogP contribution in [0.2, 0.25) is 0 Å². The van der Waals surface area contributed by atoms with Gasteiger partial charge in [0.05, 0.1) is 30.5 Å². The molecule has 3 aromatic carbocycles. The van der Waals surface area contributed by atoms with E-state index in [-0.39, 0.29) is 11.9 Å². The van der Waals surface area contributed by atoms with E-state index in [1.165, 1.54) is 0 Å². The van der Waals surface area contributed by atoms with Crippen molar-refractivity contribution in [3.63, 3.8) is 0 Å². The molecule has 0 bridgehead atoms. The molecular formula is C31H32N4O3. The Labute approximate surface area is 223 Å². The highest BCUT2D eigenvalue weighted by atomic mass is 16.5. The molecule has 0 saturated carbocycles. The molecule has 0 spiro atoms. The highest BCUT2D eigenvalue weighted by molar-refractivity contribution is 6.00. The van der Waals surface area contributed by atoms with Crippen molar-refractivity contribution in [3.05, 3.63) is 108 Å². The minimum absolute atomic E-state index is 0.164. The fourth-order valence-corrected chi connectivity index (χ4v) is 4.97. The molecule has 5 rings (SSSR count). The largest absolute Gasteiger partial charge is 0.497 e. The van der Waals surface area contributed by atoms with Gasteiger partial charge in [0.25, 0.3) is 5.91 Å². The van der Waals surface area contributed by atoms with E-state index < -0.39 is 6.10 Å². The van der Waals surface area contributed by atoms with Crippen molar-refractivity contribution >= 4 is 11.9 Å². The highest BCUT2D eigenvalue weighted by Crippen LogP contribution is 2.32. The lowest BCUT2D eigenvalue weighted by atomic mass is 9.92. The Hall–Kier alpha value is -4.23. The van der Waals surface area contributed by atoms with E-state index in [1.807, 2.05) is 84.9 Å². The average Bonchev–Trinajstić information content (AvgIpc) is 3.00. The molecule has 2 unspecified atom stereocenters. The fourth-order valence-electron chi connectivity index (χ4n) is 4.97. The molecule has 1 aliphatic heterocycles. The van der Waals surface area contributed by atoms with Gasteiger partial charge < -0.3 is 20.1 Å². The zero-order valence-corrected chi connectivity index (χ0v) is 21.5. The summed E-state index contributed by atoms with van der Waals surface area (Å²) in [5.41, 5.74) is 3.67. The summed E-state index contributed by atoms with van der Waals surface area (Å²) in [7, 11) is 1.64. The number of aliphatic hydroxyl groups is 1. The van der Waals surface area contributed by atoms with Gasteiger partial charge in [-0.25, -0.2) is 9.97 Å². The molecule has 2 heterocycles. The Morgan fingerprint density at radius 1 is 1.05 bits per heavy atom. The molecular weight excluding hydrogens is 476 g/mol. The predicted octanol–water partition coefficient (Wildman–Crippen LogP) is 5.49. The number of aliphatic hydroxyl groups excluding tert-OH is 1. The van der Waals surface area contributed by atoms with Crippen LogP contribution in [-0.2, 0) is 6.54 Å². The zero-order valence-electron chi connectivity index (χ0n) is 21.5. The van der Waals surface area contributed by atoms with E-state index in [4.69, 9.17) is 9.72 Å². The number of hydrogen-bond donors (Lipinski definition) is 2. The third-order valence-electron chi connectivity index (χ3n) is 6.97. The molecule has 38 heavy (non-hydrogen) atoms. The van der Waals surface area contributed by atoms with Crippen LogP contribution in [0.5, 0.6) is 5.75 Å². The summed E-state index contributed by atoms with van der Waals surface area (Å²) < 4.78 is 5.32. The molecule has 1 aliphatic rings. The summed E-state index contributed by atoms with van der Waals surface area (Å²) in [6.45, 7) is 1.09. The Bertz CT molecular complexity index is 1360. The Balaban J connectivity index is 1.44. The lowest BCUT2D eigenvalue weighted by Crippen LogP contribution is -2.47. The van der Waals surface area contributed by atoms with Crippen molar-refractivity contribution in [2.24, 2.45) is 0 Å². The van der Waals surface area contributed by atoms with Gasteiger partial charge in [-0.05, 0) is 42.5 Å². The SMILES string of the molecule is COc1cccc(CNc2ncc(C(=O)N3CCCCC3C(O)c3ccccc3)c(-c3ccccc3)n2)c1. The quantitative estimate of drug-likeness (QED) is 0.327. The molecule has 1 aromatic heterocycles. The van der Waals surface area contributed by atoms with Gasteiger partial charge in [0.1, 0.15) is 5.75 Å². The van der Waals surface area contributed by atoms with Crippen molar-refractivity contribution in [2.75, 3.05) is 19.0 Å². The van der Waals surface area contributed by atoms with Crippen molar-refractivity contribution in [1.82, 2.24) is 14.9 Å². The van der Waals surface area contributed by atoms with Crippen LogP contribution >= 0.6 is 0 Å². The lowest BCUT2D eigenvalue weighted by Gasteiger charge is -2.39. The first-order valence-corrected chi connectivity index (χ1v) is 13.0. The Kier molecular flexibility index (Phi) is 7.95. The zero-order chi connectivity index (χ0) is 26.3. The summed E-state index contributed by atoms with van der Waals surface area (Å²) >= 11 is 0. The Morgan fingerprint density at radius 2 is 1.82 bits per heavy atom. The van der Waals surface area contributed by atoms with Gasteiger partial charge in [0.2, 0.25) is 5.95 Å². The van der Waals surface area contributed by atoms with E-state index in [0.717, 1.165) is 41.7 Å². The summed E-state index contributed by atoms with van der Waals surface area (Å²) in [5, 5.41) is 14.5. The maximum absolute atomic E-state index is 14.0. The maximum atomic E-state index is 14.0. The van der Waals surface area contributed by atoms with Gasteiger partial charge in [-0.1, -0.05) is 72.8 Å². The van der Waals surface area contributed by atoms with Crippen LogP contribution in [0.25, 0.3) is 11.3 Å². The maximum Gasteiger partial charge on any atom is 0.258 e. The van der Waals surface area contributed by atoms with Gasteiger partial charge in [-0.2, -0.15) is 0 Å². The number of aromatic nitrogens is 2. The predicted molar refractivity (Wildman–Crippen MR) is 148 cm³/mol. The smallest absolute Gasteiger partial charge is 0.258 e. The third-order valence-corrected chi connectivity index (χ3v) is 6.97. The minimum atomic E-state index is -0.759. The molecule has 7 nitrogen and oxygen atoms in total. The van der Waals surface area contributed by atoms with Gasteiger partial charge >= 0.3 is 0 Å². The normalized spacial score (nSPS) is 16.1. The molecule has 2 atom stereocenters. The number of carbonyl (C=O) groups excluding carboxylic acids is 1. The number of methoxy groups -OCH3 is 1. The minimum Gasteiger partial charge on any atom is -0.497 e. The lowest BCUT2D eigenvalue weighted by molar-refractivity contribution is 0.0212. The van der Waals surface area contributed by atoms with Crippen molar-refractivity contribution < 1.29 is 14.6 Å². The van der Waals surface area contributed by atoms with Gasteiger partial charge in [0.15, 0.2) is 0 Å². The molecule has 7 heteroatoms. The summed E-state index contributed by atoms with van der Waals surface area (Å²) in [4.78, 5) is 25.1. The second kappa shape index (κ2) is 11.9. The van der Waals surface area contributed by atoms with Crippen LogP contribution in [0, 0.1) is 0 Å². The van der Waals surface area contributed by atoms with Crippen LogP contribution < -0.4 is 10.1 Å². The van der Waals surface area contributed by atoms with Gasteiger partial charge in [0, 0.05) is 24.8 Å². The molecule has 1 saturated heterocycles. The van der Waals surface area contributed by atoms with E-state index in [9.17, 15) is 9.90 Å². The highest BCUT2D eigenvalue weighted by Gasteiger charge is 2.34. The van der Waals surface area contributed by atoms with E-state index >= 15 is 0 Å². The van der Waals surface area contributed by atoms with Crippen LogP contribution in [0.3, 0.4) is 0 Å². The van der Waals surface area contributed by atoms with Crippen LogP contribution in [-0.4, -0.2) is 45.6 Å². The van der Waals surface area contributed by atoms with Crippen molar-refractivity contribution in [2.45, 2.75) is 38.0 Å². The molecule has 0 aliphatic carbocycles. The van der Waals surface area contributed by atoms with Crippen LogP contribution in [0.4, 0.5) is 5.95 Å². The number of ether oxygens (including phenoxy) is 1. The number of rotatable bonds is 8. The van der Waals surface area contributed by atoms with E-state index in [2.05, 4.69) is 10.3 Å². The number of benzene rings is 3. The molecule has 194 valence electrons. The molecule has 0 radical (unpaired) electrons. The van der Waals surface area contributed by atoms with Crippen LogP contribution in [0.15, 0.2) is 91.1 Å². The van der Waals surface area contributed by atoms with E-state index in [1.54, 1.807) is 18.2 Å².